The van der Waals surface area contributed by atoms with Gasteiger partial charge in [0, 0.05) is 56.9 Å². The number of aliphatic hydroxyl groups is 2. The predicted molar refractivity (Wildman–Crippen MR) is 228 cm³/mol. The number of anilines is 1. The molecule has 1 saturated heterocycles. The number of phosphoric acid groups is 3. The smallest absolute Gasteiger partial charge is 0.278 e. The van der Waals surface area contributed by atoms with Crippen LogP contribution in [0.1, 0.15) is 6.23 Å². The van der Waals surface area contributed by atoms with E-state index in [1.54, 1.807) is 56.9 Å². The Morgan fingerprint density at radius 3 is 1.31 bits per heavy atom. The molecule has 0 bridgehead atoms. The summed E-state index contributed by atoms with van der Waals surface area (Å²) in [5, 5.41) is 29.0. The summed E-state index contributed by atoms with van der Waals surface area (Å²) in [5.74, 6) is 0.0195. The molecule has 0 amide bonds. The summed E-state index contributed by atoms with van der Waals surface area (Å²) in [7, 11) is -4.37. The van der Waals surface area contributed by atoms with Crippen molar-refractivity contribution in [2.24, 2.45) is 0 Å². The number of hydrogen-bond donors (Lipinski definition) is 7. The van der Waals surface area contributed by atoms with Crippen LogP contribution in [-0.2, 0) is 69.5 Å². The number of aromatic nitrogens is 4. The van der Waals surface area contributed by atoms with Crippen molar-refractivity contribution in [3.05, 3.63) is 12.7 Å². The third-order valence-electron chi connectivity index (χ3n) is 8.00. The van der Waals surface area contributed by atoms with Gasteiger partial charge < -0.3 is 109 Å². The molecular formula is C34H76N9O21P3. The number of nitrogens with two attached hydrogens (primary N) is 5. The maximum absolute atomic E-state index is 11.6. The molecule has 0 aromatic carbocycles. The molecule has 33 heteroatoms. The lowest BCUT2D eigenvalue weighted by Gasteiger charge is -2.37. The van der Waals surface area contributed by atoms with Gasteiger partial charge in [-0.3, -0.25) is 18.0 Å². The number of fused-ring (bicyclic) bond motifs is 1. The van der Waals surface area contributed by atoms with Crippen LogP contribution in [0.4, 0.5) is 5.82 Å². The van der Waals surface area contributed by atoms with Gasteiger partial charge in [0.25, 0.3) is 15.6 Å². The Morgan fingerprint density at radius 1 is 0.597 bits per heavy atom. The van der Waals surface area contributed by atoms with E-state index in [1.807, 2.05) is 0 Å². The van der Waals surface area contributed by atoms with E-state index in [4.69, 9.17) is 48.4 Å². The highest BCUT2D eigenvalue weighted by atomic mass is 31.3. The van der Waals surface area contributed by atoms with Crippen LogP contribution in [0.3, 0.4) is 0 Å². The second kappa shape index (κ2) is 41.9. The highest BCUT2D eigenvalue weighted by Gasteiger charge is 2.45. The van der Waals surface area contributed by atoms with Crippen molar-refractivity contribution in [1.29, 1.82) is 0 Å². The Bertz CT molecular complexity index is 1530. The van der Waals surface area contributed by atoms with Crippen LogP contribution >= 0.6 is 23.5 Å². The average Bonchev–Trinajstić information content (AvgIpc) is 3.82. The van der Waals surface area contributed by atoms with Gasteiger partial charge in [0.15, 0.2) is 17.7 Å². The van der Waals surface area contributed by atoms with Crippen LogP contribution in [-0.4, -0.2) is 217 Å². The van der Waals surface area contributed by atoms with E-state index in [-0.39, 0.29) is 17.0 Å². The molecule has 6 atom stereocenters. The number of nitrogen functional groups attached to an aromatic ring is 1. The lowest BCUT2D eigenvalue weighted by Crippen LogP contribution is -2.86. The molecule has 2 unspecified atom stereocenters. The second-order valence-corrected chi connectivity index (χ2v) is 17.6. The van der Waals surface area contributed by atoms with Crippen molar-refractivity contribution in [2.45, 2.75) is 24.5 Å². The minimum atomic E-state index is -6.14. The molecule has 0 aliphatic carbocycles. The average molecular weight is 1040 g/mol. The Balaban J connectivity index is 0. The van der Waals surface area contributed by atoms with Crippen molar-refractivity contribution >= 4 is 40.4 Å². The first kappa shape index (κ1) is 67.2. The third kappa shape index (κ3) is 35.8. The molecule has 1 fully saturated rings. The molecule has 2 aromatic heterocycles. The molecular weight excluding hydrogens is 963 g/mol. The summed E-state index contributed by atoms with van der Waals surface area (Å²) >= 11 is 0. The number of ether oxygens (including phenoxy) is 9. The van der Waals surface area contributed by atoms with Crippen molar-refractivity contribution in [3.63, 3.8) is 0 Å². The first-order valence-electron chi connectivity index (χ1n) is 20.7. The van der Waals surface area contributed by atoms with Gasteiger partial charge >= 0.3 is 0 Å². The maximum Gasteiger partial charge on any atom is 0.278 e. The molecule has 0 saturated carbocycles. The number of phosphoric ester groups is 1. The molecule has 0 radical (unpaired) electrons. The van der Waals surface area contributed by atoms with E-state index < -0.39 is 54.6 Å². The van der Waals surface area contributed by atoms with E-state index in [1.165, 1.54) is 4.57 Å². The highest BCUT2D eigenvalue weighted by Crippen LogP contribution is 2.60. The SMILES string of the molecule is COCC[NH2+]CCOC.COCC[NH2+]CCOC.COCC[NH2+]CCOC.COCC[NH2+]CCOC.Nc1ncnc2c1ncn2[C@@H]1O[C@H](COP(=O)([O-])OP(=O)([O-])OP(=O)([O-])[O-])[C@@H](O)[C@H]1O. The molecule has 12 N–H and O–H groups in total. The lowest BCUT2D eigenvalue weighted by molar-refractivity contribution is -0.657. The minimum Gasteiger partial charge on any atom is -0.790 e. The van der Waals surface area contributed by atoms with Gasteiger partial charge in [-0.25, -0.2) is 19.3 Å². The standard InChI is InChI=1S/C10H16N5O13P3.4C6H15NO2/c11-8-5-9(13-2-12-8)15(3-14-5)10-7(17)6(16)4(26-10)1-25-30(21,22)28-31(23,24)27-29(18,19)20;4*1-8-5-3-7-4-6-9-2/h2-4,6-7,10,16-17H,1H2,(H,21,22)(H,23,24)(H2,11,12,13)(H2,18,19,20);4*7H,3-6H2,1-2H3/t4-,6-,7-,10-;;;;/m1..../s1. The fraction of sp³-hybridized carbons (Fsp3) is 0.853. The van der Waals surface area contributed by atoms with Gasteiger partial charge in [0.1, 0.15) is 30.2 Å². The minimum absolute atomic E-state index is 0.0195. The lowest BCUT2D eigenvalue weighted by atomic mass is 10.1. The van der Waals surface area contributed by atoms with E-state index >= 15 is 0 Å². The molecule has 1 aliphatic heterocycles. The van der Waals surface area contributed by atoms with Crippen molar-refractivity contribution < 1.29 is 121 Å². The summed E-state index contributed by atoms with van der Waals surface area (Å²) in [6, 6.07) is 0. The number of rotatable bonds is 32. The molecule has 2 aromatic rings. The molecule has 1 aliphatic rings. The molecule has 398 valence electrons. The number of quaternary nitrogens is 4. The van der Waals surface area contributed by atoms with E-state index in [0.29, 0.717) is 0 Å². The van der Waals surface area contributed by atoms with Crippen LogP contribution in [0.25, 0.3) is 11.2 Å². The number of hydrogen-bond acceptors (Lipinski definition) is 25. The van der Waals surface area contributed by atoms with Gasteiger partial charge in [0.05, 0.1) is 126 Å². The fourth-order valence-corrected chi connectivity index (χ4v) is 7.65. The quantitative estimate of drug-likeness (QED) is 0.0264. The third-order valence-corrected chi connectivity index (χ3v) is 11.7. The first-order valence-corrected chi connectivity index (χ1v) is 25.1. The van der Waals surface area contributed by atoms with Crippen molar-refractivity contribution in [1.82, 2.24) is 19.5 Å². The molecule has 30 nitrogen and oxygen atoms in total. The predicted octanol–water partition coefficient (Wildman–Crippen LogP) is -8.79. The summed E-state index contributed by atoms with van der Waals surface area (Å²) in [6.07, 6.45) is -3.99. The van der Waals surface area contributed by atoms with Gasteiger partial charge in [-0.15, -0.1) is 0 Å². The van der Waals surface area contributed by atoms with Gasteiger partial charge in [0.2, 0.25) is 0 Å². The molecule has 3 rings (SSSR count). The number of imidazole rings is 1. The topological polar surface area (TPSA) is 431 Å². The Hall–Kier alpha value is -1.84. The second-order valence-electron chi connectivity index (χ2n) is 13.3. The van der Waals surface area contributed by atoms with Gasteiger partial charge in [-0.1, -0.05) is 0 Å². The Kier molecular flexibility index (Phi) is 42.0. The van der Waals surface area contributed by atoms with E-state index in [0.717, 1.165) is 118 Å². The number of aliphatic hydroxyl groups excluding tert-OH is 2. The first-order chi connectivity index (χ1) is 31.8. The zero-order valence-corrected chi connectivity index (χ0v) is 42.3. The van der Waals surface area contributed by atoms with Crippen LogP contribution in [0, 0.1) is 0 Å². The van der Waals surface area contributed by atoms with Crippen molar-refractivity contribution in [2.75, 3.05) is 174 Å². The number of methoxy groups -OCH3 is 8. The van der Waals surface area contributed by atoms with E-state index in [2.05, 4.69) is 49.4 Å². The largest absolute Gasteiger partial charge is 0.790 e. The fourth-order valence-electron chi connectivity index (χ4n) is 4.79. The van der Waals surface area contributed by atoms with E-state index in [9.17, 15) is 43.5 Å². The van der Waals surface area contributed by atoms with Crippen LogP contribution in [0.2, 0.25) is 0 Å². The van der Waals surface area contributed by atoms with Crippen LogP contribution in [0.5, 0.6) is 0 Å². The van der Waals surface area contributed by atoms with Gasteiger partial charge in [-0.05, 0) is 0 Å². The zero-order valence-electron chi connectivity index (χ0n) is 39.7. The summed E-state index contributed by atoms with van der Waals surface area (Å²) in [4.78, 5) is 54.9. The Morgan fingerprint density at radius 2 is 0.970 bits per heavy atom. The normalized spacial score (nSPS) is 18.5. The number of nitrogens with zero attached hydrogens (tertiary/aromatic N) is 4. The van der Waals surface area contributed by atoms with Gasteiger partial charge in [-0.2, -0.15) is 0 Å². The van der Waals surface area contributed by atoms with Crippen LogP contribution in [0.15, 0.2) is 12.7 Å². The van der Waals surface area contributed by atoms with Crippen LogP contribution < -0.4 is 46.6 Å². The highest BCUT2D eigenvalue weighted by molar-refractivity contribution is 7.64. The molecule has 67 heavy (non-hydrogen) atoms. The summed E-state index contributed by atoms with van der Waals surface area (Å²) in [5.41, 5.74) is 5.92. The molecule has 0 spiro atoms. The maximum atomic E-state index is 11.6. The van der Waals surface area contributed by atoms with Crippen molar-refractivity contribution in [3.8, 4) is 0 Å². The monoisotopic (exact) mass is 1040 g/mol. The zero-order chi connectivity index (χ0) is 51.0. The summed E-state index contributed by atoms with van der Waals surface area (Å²) < 4.78 is 89.0. The molecule has 3 heterocycles. The Labute approximate surface area is 391 Å². The summed E-state index contributed by atoms with van der Waals surface area (Å²) in [6.45, 7) is 13.7.